The Morgan fingerprint density at radius 1 is 1.56 bits per heavy atom. The molecule has 0 aliphatic heterocycles. The summed E-state index contributed by atoms with van der Waals surface area (Å²) in [5.74, 6) is -0.111. The molecule has 0 bridgehead atoms. The Labute approximate surface area is 96.0 Å². The van der Waals surface area contributed by atoms with E-state index in [0.29, 0.717) is 13.1 Å². The lowest BCUT2D eigenvalue weighted by molar-refractivity contribution is -0.124. The summed E-state index contributed by atoms with van der Waals surface area (Å²) in [4.78, 5) is 11.7. The van der Waals surface area contributed by atoms with Crippen molar-refractivity contribution in [2.45, 2.75) is 33.4 Å². The largest absolute Gasteiger partial charge is 0.353 e. The average molecular weight is 224 g/mol. The minimum Gasteiger partial charge on any atom is -0.353 e. The van der Waals surface area contributed by atoms with Gasteiger partial charge >= 0.3 is 0 Å². The van der Waals surface area contributed by atoms with E-state index in [9.17, 15) is 4.79 Å². The first-order valence-electron chi connectivity index (χ1n) is 5.42. The van der Waals surface area contributed by atoms with E-state index in [-0.39, 0.29) is 11.3 Å². The van der Waals surface area contributed by atoms with Gasteiger partial charge in [0.1, 0.15) is 0 Å². The number of amides is 1. The molecule has 0 unspecified atom stereocenters. The summed E-state index contributed by atoms with van der Waals surface area (Å²) >= 11 is 0. The van der Waals surface area contributed by atoms with E-state index in [4.69, 9.17) is 5.73 Å². The molecule has 0 saturated carbocycles. The number of nitrogens with two attached hydrogens (primary N) is 1. The summed E-state index contributed by atoms with van der Waals surface area (Å²) in [6.45, 7) is 7.06. The van der Waals surface area contributed by atoms with Gasteiger partial charge in [-0.15, -0.1) is 0 Å². The monoisotopic (exact) mass is 224 g/mol. The molecule has 0 saturated heterocycles. The van der Waals surface area contributed by atoms with Crippen LogP contribution in [0.25, 0.3) is 0 Å². The van der Waals surface area contributed by atoms with Crippen molar-refractivity contribution >= 4 is 5.91 Å². The number of hydrogen-bond acceptors (Lipinski definition) is 3. The number of nitrogens with zero attached hydrogens (tertiary/aromatic N) is 2. The molecule has 1 amide bonds. The third-order valence-corrected chi connectivity index (χ3v) is 2.41. The van der Waals surface area contributed by atoms with Gasteiger partial charge < -0.3 is 11.1 Å². The molecule has 0 aliphatic carbocycles. The van der Waals surface area contributed by atoms with Crippen LogP contribution in [0.1, 0.15) is 20.8 Å². The minimum absolute atomic E-state index is 0.111. The van der Waals surface area contributed by atoms with Gasteiger partial charge in [0.25, 0.3) is 0 Å². The van der Waals surface area contributed by atoms with Gasteiger partial charge in [0, 0.05) is 18.9 Å². The smallest absolute Gasteiger partial charge is 0.237 e. The maximum atomic E-state index is 11.7. The van der Waals surface area contributed by atoms with Crippen LogP contribution < -0.4 is 11.1 Å². The average Bonchev–Trinajstić information content (AvgIpc) is 2.67. The van der Waals surface area contributed by atoms with Crippen molar-refractivity contribution < 1.29 is 4.79 Å². The zero-order valence-electron chi connectivity index (χ0n) is 10.1. The van der Waals surface area contributed by atoms with Crippen LogP contribution in [0.3, 0.4) is 0 Å². The summed E-state index contributed by atoms with van der Waals surface area (Å²) in [6, 6.07) is 1.37. The number of nitrogens with one attached hydrogen (secondary N) is 1. The van der Waals surface area contributed by atoms with Gasteiger partial charge in [-0.1, -0.05) is 20.8 Å². The van der Waals surface area contributed by atoms with Gasteiger partial charge in [0.05, 0.1) is 12.6 Å². The van der Waals surface area contributed by atoms with Crippen LogP contribution in [0.5, 0.6) is 0 Å². The molecule has 5 heteroatoms. The first-order valence-corrected chi connectivity index (χ1v) is 5.42. The van der Waals surface area contributed by atoms with Crippen LogP contribution in [-0.2, 0) is 11.3 Å². The first-order chi connectivity index (χ1) is 7.41. The fourth-order valence-electron chi connectivity index (χ4n) is 1.23. The fraction of sp³-hybridized carbons (Fsp3) is 0.636. The van der Waals surface area contributed by atoms with E-state index in [2.05, 4.69) is 10.4 Å². The van der Waals surface area contributed by atoms with Crippen LogP contribution >= 0.6 is 0 Å². The number of hydrogen-bond donors (Lipinski definition) is 2. The van der Waals surface area contributed by atoms with Crippen molar-refractivity contribution in [3.63, 3.8) is 0 Å². The fourth-order valence-corrected chi connectivity index (χ4v) is 1.23. The zero-order chi connectivity index (χ0) is 12.2. The van der Waals surface area contributed by atoms with Gasteiger partial charge in [-0.05, 0) is 11.5 Å². The summed E-state index contributed by atoms with van der Waals surface area (Å²) in [5.41, 5.74) is 5.61. The highest BCUT2D eigenvalue weighted by molar-refractivity contribution is 5.82. The van der Waals surface area contributed by atoms with E-state index >= 15 is 0 Å². The van der Waals surface area contributed by atoms with Gasteiger partial charge in [-0.2, -0.15) is 5.10 Å². The molecule has 1 heterocycles. The molecule has 0 aliphatic rings. The van der Waals surface area contributed by atoms with Crippen LogP contribution in [0.4, 0.5) is 0 Å². The molecule has 16 heavy (non-hydrogen) atoms. The van der Waals surface area contributed by atoms with Gasteiger partial charge in [-0.3, -0.25) is 9.48 Å². The number of rotatable bonds is 4. The normalized spacial score (nSPS) is 13.5. The summed E-state index contributed by atoms with van der Waals surface area (Å²) in [7, 11) is 0. The molecule has 1 rings (SSSR count). The van der Waals surface area contributed by atoms with Crippen LogP contribution in [0, 0.1) is 5.41 Å². The Kier molecular flexibility index (Phi) is 4.06. The molecule has 5 nitrogen and oxygen atoms in total. The van der Waals surface area contributed by atoms with E-state index in [0.717, 1.165) is 0 Å². The Morgan fingerprint density at radius 3 is 2.75 bits per heavy atom. The van der Waals surface area contributed by atoms with Crippen molar-refractivity contribution in [3.8, 4) is 0 Å². The lowest BCUT2D eigenvalue weighted by Gasteiger charge is -2.25. The highest BCUT2D eigenvalue weighted by Gasteiger charge is 2.26. The topological polar surface area (TPSA) is 72.9 Å². The molecule has 1 aromatic heterocycles. The van der Waals surface area contributed by atoms with Crippen LogP contribution in [0.15, 0.2) is 18.5 Å². The molecule has 1 aromatic rings. The molecule has 3 N–H and O–H groups in total. The zero-order valence-corrected chi connectivity index (χ0v) is 10.1. The summed E-state index contributed by atoms with van der Waals surface area (Å²) in [5, 5.41) is 6.84. The Morgan fingerprint density at radius 2 is 2.25 bits per heavy atom. The second kappa shape index (κ2) is 5.12. The maximum absolute atomic E-state index is 11.7. The third-order valence-electron chi connectivity index (χ3n) is 2.41. The van der Waals surface area contributed by atoms with Crippen molar-refractivity contribution in [1.82, 2.24) is 15.1 Å². The Balaban J connectivity index is 2.30. The van der Waals surface area contributed by atoms with Crippen molar-refractivity contribution in [2.24, 2.45) is 11.1 Å². The number of aromatic nitrogens is 2. The van der Waals surface area contributed by atoms with Gasteiger partial charge in [-0.25, -0.2) is 0 Å². The highest BCUT2D eigenvalue weighted by atomic mass is 16.2. The van der Waals surface area contributed by atoms with Crippen LogP contribution in [0.2, 0.25) is 0 Å². The molecular weight excluding hydrogens is 204 g/mol. The van der Waals surface area contributed by atoms with Gasteiger partial charge in [0.2, 0.25) is 5.91 Å². The van der Waals surface area contributed by atoms with Gasteiger partial charge in [0.15, 0.2) is 0 Å². The quantitative estimate of drug-likeness (QED) is 0.776. The van der Waals surface area contributed by atoms with Crippen molar-refractivity contribution in [1.29, 1.82) is 0 Å². The van der Waals surface area contributed by atoms with Crippen molar-refractivity contribution in [3.05, 3.63) is 18.5 Å². The second-order valence-electron chi connectivity index (χ2n) is 4.90. The molecule has 0 aromatic carbocycles. The molecular formula is C11H20N4O. The SMILES string of the molecule is CC(C)(C)[C@@H](N)C(=O)NCCn1cccn1. The summed E-state index contributed by atoms with van der Waals surface area (Å²) in [6.07, 6.45) is 3.57. The second-order valence-corrected chi connectivity index (χ2v) is 4.90. The molecule has 0 radical (unpaired) electrons. The molecule has 0 fully saturated rings. The van der Waals surface area contributed by atoms with E-state index in [1.165, 1.54) is 0 Å². The number of carbonyl (C=O) groups excluding carboxylic acids is 1. The lowest BCUT2D eigenvalue weighted by Crippen LogP contribution is -2.49. The third kappa shape index (κ3) is 3.66. The van der Waals surface area contributed by atoms with Crippen LogP contribution in [-0.4, -0.2) is 28.3 Å². The Bertz CT molecular complexity index is 326. The molecule has 1 atom stereocenters. The maximum Gasteiger partial charge on any atom is 0.237 e. The van der Waals surface area contributed by atoms with Crippen molar-refractivity contribution in [2.75, 3.05) is 6.54 Å². The standard InChI is InChI=1S/C11H20N4O/c1-11(2,3)9(12)10(16)13-6-8-15-7-4-5-14-15/h4-5,7,9H,6,8,12H2,1-3H3,(H,13,16)/t9-/m0/s1. The minimum atomic E-state index is -0.481. The molecule has 0 spiro atoms. The number of carbonyl (C=O) groups is 1. The first kappa shape index (κ1) is 12.7. The Hall–Kier alpha value is -1.36. The summed E-state index contributed by atoms with van der Waals surface area (Å²) < 4.78 is 1.77. The van der Waals surface area contributed by atoms with E-state index < -0.39 is 6.04 Å². The predicted octanol–water partition coefficient (Wildman–Crippen LogP) is 0.373. The van der Waals surface area contributed by atoms with E-state index in [1.807, 2.05) is 33.0 Å². The highest BCUT2D eigenvalue weighted by Crippen LogP contribution is 2.16. The van der Waals surface area contributed by atoms with E-state index in [1.54, 1.807) is 10.9 Å². The lowest BCUT2D eigenvalue weighted by atomic mass is 9.87. The molecule has 90 valence electrons. The predicted molar refractivity (Wildman–Crippen MR) is 62.7 cm³/mol.